The van der Waals surface area contributed by atoms with Crippen molar-refractivity contribution in [1.29, 1.82) is 0 Å². The lowest BCUT2D eigenvalue weighted by Crippen LogP contribution is -2.27. The molecule has 10 rings (SSSR count). The molecule has 0 spiro atoms. The van der Waals surface area contributed by atoms with Crippen molar-refractivity contribution >= 4 is 91.7 Å². The highest BCUT2D eigenvalue weighted by molar-refractivity contribution is 6.29. The highest BCUT2D eigenvalue weighted by Crippen LogP contribution is 2.35. The van der Waals surface area contributed by atoms with Crippen molar-refractivity contribution in [3.63, 3.8) is 0 Å². The number of nitrogens with one attached hydrogen (secondary N) is 7. The number of fused-ring (bicyclic) bond motifs is 2. The molecule has 0 aliphatic carbocycles. The Morgan fingerprint density at radius 2 is 0.879 bits per heavy atom. The number of ether oxygens (including phenoxy) is 2. The molecule has 4 aromatic heterocycles. The van der Waals surface area contributed by atoms with Crippen LogP contribution in [0, 0.1) is 13.8 Å². The molecular weight excluding hydrogens is 1170 g/mol. The third-order valence-electron chi connectivity index (χ3n) is 13.8. The van der Waals surface area contributed by atoms with Gasteiger partial charge >= 0.3 is 12.1 Å². The van der Waals surface area contributed by atoms with E-state index in [4.69, 9.17) is 31.3 Å². The largest absolute Gasteiger partial charge is 0.488 e. The quantitative estimate of drug-likeness (QED) is 0.0422. The molecule has 7 N–H and O–H groups in total. The first-order valence-electron chi connectivity index (χ1n) is 29.6. The Morgan fingerprint density at radius 3 is 1.25 bits per heavy atom. The number of urea groups is 2. The van der Waals surface area contributed by atoms with Crippen LogP contribution in [-0.2, 0) is 33.6 Å². The molecule has 472 valence electrons. The van der Waals surface area contributed by atoms with E-state index in [1.54, 1.807) is 38.8 Å². The van der Waals surface area contributed by atoms with Crippen LogP contribution in [0.4, 0.5) is 44.2 Å². The van der Waals surface area contributed by atoms with Crippen LogP contribution < -0.4 is 46.7 Å². The Morgan fingerprint density at radius 1 is 0.495 bits per heavy atom. The van der Waals surface area contributed by atoms with Gasteiger partial charge in [-0.25, -0.2) is 28.9 Å². The summed E-state index contributed by atoms with van der Waals surface area (Å²) in [6.07, 6.45) is 3.24. The van der Waals surface area contributed by atoms with E-state index in [2.05, 4.69) is 88.7 Å². The zero-order chi connectivity index (χ0) is 65.4. The molecule has 0 fully saturated rings. The number of aromatic nitrogens is 6. The van der Waals surface area contributed by atoms with Gasteiger partial charge in [0.15, 0.2) is 0 Å². The van der Waals surface area contributed by atoms with Crippen LogP contribution in [0.5, 0.6) is 11.5 Å². The maximum Gasteiger partial charge on any atom is 0.324 e. The summed E-state index contributed by atoms with van der Waals surface area (Å²) in [5.74, 6) is 2.70. The average molecular weight is 1250 g/mol. The van der Waals surface area contributed by atoms with Gasteiger partial charge in [-0.3, -0.25) is 20.2 Å². The van der Waals surface area contributed by atoms with Crippen molar-refractivity contribution in [2.75, 3.05) is 72.5 Å². The summed E-state index contributed by atoms with van der Waals surface area (Å²) in [5, 5.41) is 33.1. The van der Waals surface area contributed by atoms with E-state index in [0.717, 1.165) is 66.6 Å². The summed E-state index contributed by atoms with van der Waals surface area (Å²) in [7, 11) is 7.42. The zero-order valence-corrected chi connectivity index (χ0v) is 54.2. The van der Waals surface area contributed by atoms with Gasteiger partial charge in [0.2, 0.25) is 11.8 Å². The summed E-state index contributed by atoms with van der Waals surface area (Å²) in [6.45, 7) is 17.4. The van der Waals surface area contributed by atoms with Gasteiger partial charge in [0.25, 0.3) is 0 Å². The lowest BCUT2D eigenvalue weighted by molar-refractivity contribution is -0.117. The van der Waals surface area contributed by atoms with Crippen LogP contribution in [0.3, 0.4) is 0 Å². The molecule has 0 saturated heterocycles. The van der Waals surface area contributed by atoms with Crippen molar-refractivity contribution in [2.45, 2.75) is 79.4 Å². The second kappa shape index (κ2) is 30.4. The summed E-state index contributed by atoms with van der Waals surface area (Å²) < 4.78 is 15.9. The predicted octanol–water partition coefficient (Wildman–Crippen LogP) is 14.0. The minimum absolute atomic E-state index is 0.141. The monoisotopic (exact) mass is 1250 g/mol. The first-order valence-corrected chi connectivity index (χ1v) is 30.1. The number of aryl methyl sites for hydroxylation is 2. The van der Waals surface area contributed by atoms with Crippen LogP contribution >= 0.6 is 11.6 Å². The predicted molar refractivity (Wildman–Crippen MR) is 366 cm³/mol. The second-order valence-corrected chi connectivity index (χ2v) is 24.2. The number of likely N-dealkylation sites (N-methyl/N-ethyl adjacent to an activating group) is 1. The molecule has 91 heavy (non-hydrogen) atoms. The van der Waals surface area contributed by atoms with Crippen LogP contribution in [0.15, 0.2) is 170 Å². The fourth-order valence-corrected chi connectivity index (χ4v) is 9.29. The van der Waals surface area contributed by atoms with E-state index >= 15 is 0 Å². The first kappa shape index (κ1) is 66.8. The molecule has 6 aromatic carbocycles. The molecule has 20 nitrogen and oxygen atoms in total. The van der Waals surface area contributed by atoms with Crippen molar-refractivity contribution in [3.05, 3.63) is 204 Å². The molecule has 0 aliphatic heterocycles. The van der Waals surface area contributed by atoms with Crippen molar-refractivity contribution in [2.24, 2.45) is 0 Å². The Bertz CT molecular complexity index is 4150. The van der Waals surface area contributed by atoms with Gasteiger partial charge in [-0.2, -0.15) is 10.2 Å². The number of hydrogen-bond donors (Lipinski definition) is 7. The summed E-state index contributed by atoms with van der Waals surface area (Å²) in [5.41, 5.74) is 8.26. The minimum Gasteiger partial charge on any atom is -0.488 e. The van der Waals surface area contributed by atoms with E-state index in [1.165, 1.54) is 0 Å². The van der Waals surface area contributed by atoms with Gasteiger partial charge in [0.05, 0.1) is 40.7 Å². The summed E-state index contributed by atoms with van der Waals surface area (Å²) in [6, 6.07) is 49.0. The van der Waals surface area contributed by atoms with Gasteiger partial charge in [0, 0.05) is 56.9 Å². The highest BCUT2D eigenvalue weighted by Gasteiger charge is 2.24. The van der Waals surface area contributed by atoms with Crippen molar-refractivity contribution in [1.82, 2.24) is 39.7 Å². The van der Waals surface area contributed by atoms with Crippen molar-refractivity contribution in [3.8, 4) is 22.9 Å². The summed E-state index contributed by atoms with van der Waals surface area (Å²) >= 11 is 5.58. The van der Waals surface area contributed by atoms with Gasteiger partial charge < -0.3 is 41.0 Å². The van der Waals surface area contributed by atoms with Crippen LogP contribution in [0.1, 0.15) is 75.2 Å². The number of carbonyl (C=O) groups excluding carboxylic acids is 4. The van der Waals surface area contributed by atoms with E-state index in [0.29, 0.717) is 46.1 Å². The third kappa shape index (κ3) is 18.5. The molecule has 0 saturated carbocycles. The summed E-state index contributed by atoms with van der Waals surface area (Å²) in [4.78, 5) is 60.6. The van der Waals surface area contributed by atoms with E-state index in [-0.39, 0.29) is 54.3 Å². The topological polar surface area (TPSA) is 236 Å². The standard InChI is InChI=1S/C35H39N7O3.C33H33ClN6O3.C2H7N/c1-23-11-13-25(14-12-23)42-32(20-30(40-42)35(2,3)4)39-34(44)37-28-15-16-29(27-10-8-7-9-26(27)28)45-22-24-17-18-36-31(19-24)38-33(43)21-41(5)6;1-21-9-11-23(12-10-21)40-30(18-28(39-40)33(2,3)4)38-32(42)36-26-13-14-27(25-8-6-5-7-24(25)26)43-20-22-15-16-35-29(17-22)37-31(41)19-34;1-3-2/h7-20H,21-22H2,1-6H3,(H,36,38,43)(H2,37,39,44);5-18H,19-20H2,1-4H3,(H,35,37,41)(H2,36,38,42);3H,1-2H3. The Labute approximate surface area is 536 Å². The van der Waals surface area contributed by atoms with Crippen LogP contribution in [-0.4, -0.2) is 98.9 Å². The lowest BCUT2D eigenvalue weighted by Gasteiger charge is -2.15. The number of pyridine rings is 2. The van der Waals surface area contributed by atoms with E-state index in [9.17, 15) is 19.2 Å². The van der Waals surface area contributed by atoms with Gasteiger partial charge in [-0.15, -0.1) is 11.6 Å². The molecule has 0 bridgehead atoms. The number of rotatable bonds is 17. The number of halogens is 1. The molecule has 10 aromatic rings. The average Bonchev–Trinajstić information content (AvgIpc) is 1.81. The number of hydrogen-bond acceptors (Lipinski definition) is 12. The Kier molecular flexibility index (Phi) is 22.3. The normalized spacial score (nSPS) is 11.2. The molecular formula is C70H79ClN14O6. The molecule has 0 unspecified atom stereocenters. The molecule has 0 radical (unpaired) electrons. The SMILES string of the molecule is CNC.Cc1ccc(-n2nc(C(C)(C)C)cc2NC(=O)Nc2ccc(OCc3ccnc(NC(=O)CCl)c3)c3ccccc23)cc1.Cc1ccc(-n2nc(C(C)(C)C)cc2NC(=O)Nc2ccc(OCc3ccnc(NC(=O)CN(C)C)c3)c3ccccc23)cc1. The van der Waals surface area contributed by atoms with Crippen LogP contribution in [0.25, 0.3) is 32.9 Å². The lowest BCUT2D eigenvalue weighted by atomic mass is 9.92. The fourth-order valence-electron chi connectivity index (χ4n) is 9.22. The minimum atomic E-state index is -0.393. The van der Waals surface area contributed by atoms with Gasteiger partial charge in [-0.05, 0) is 126 Å². The molecule has 0 atom stereocenters. The number of anilines is 6. The fraction of sp³-hybridized carbons (Fsp3) is 0.257. The third-order valence-corrected chi connectivity index (χ3v) is 14.1. The number of amides is 6. The van der Waals surface area contributed by atoms with Crippen molar-refractivity contribution < 1.29 is 28.7 Å². The smallest absolute Gasteiger partial charge is 0.324 e. The number of nitrogens with zero attached hydrogens (tertiary/aromatic N) is 7. The molecule has 6 amide bonds. The van der Waals surface area contributed by atoms with Gasteiger partial charge in [0.1, 0.15) is 53.9 Å². The molecule has 4 heterocycles. The van der Waals surface area contributed by atoms with E-state index < -0.39 is 6.03 Å². The number of carbonyl (C=O) groups is 4. The first-order chi connectivity index (χ1) is 43.5. The maximum atomic E-state index is 13.4. The van der Waals surface area contributed by atoms with Crippen LogP contribution in [0.2, 0.25) is 0 Å². The zero-order valence-electron chi connectivity index (χ0n) is 53.5. The van der Waals surface area contributed by atoms with Gasteiger partial charge in [-0.1, -0.05) is 125 Å². The number of alkyl halides is 1. The maximum absolute atomic E-state index is 13.4. The second-order valence-electron chi connectivity index (χ2n) is 23.9. The highest BCUT2D eigenvalue weighted by atomic mass is 35.5. The Balaban J connectivity index is 0.000000225. The molecule has 0 aliphatic rings. The molecule has 21 heteroatoms. The van der Waals surface area contributed by atoms with E-state index in [1.807, 2.05) is 188 Å². The number of benzene rings is 6. The Hall–Kier alpha value is -10.2.